The summed E-state index contributed by atoms with van der Waals surface area (Å²) >= 11 is 0. The summed E-state index contributed by atoms with van der Waals surface area (Å²) in [6.45, 7) is 7.60. The van der Waals surface area contributed by atoms with E-state index in [1.165, 1.54) is 0 Å². The van der Waals surface area contributed by atoms with Crippen LogP contribution in [0.15, 0.2) is 4.52 Å². The van der Waals surface area contributed by atoms with Crippen LogP contribution in [0.5, 0.6) is 0 Å². The zero-order chi connectivity index (χ0) is 13.4. The second-order valence-electron chi connectivity index (χ2n) is 5.18. The summed E-state index contributed by atoms with van der Waals surface area (Å²) in [5.74, 6) is 1.37. The van der Waals surface area contributed by atoms with E-state index in [0.29, 0.717) is 5.89 Å². The highest BCUT2D eigenvalue weighted by Crippen LogP contribution is 2.21. The van der Waals surface area contributed by atoms with Crippen molar-refractivity contribution in [3.8, 4) is 6.07 Å². The van der Waals surface area contributed by atoms with Crippen molar-refractivity contribution in [3.63, 3.8) is 0 Å². The molecule has 0 spiro atoms. The number of hydrogen-bond donors (Lipinski definition) is 1. The highest BCUT2D eigenvalue weighted by Gasteiger charge is 2.15. The van der Waals surface area contributed by atoms with Crippen LogP contribution in [0.4, 0.5) is 0 Å². The summed E-state index contributed by atoms with van der Waals surface area (Å²) in [6.07, 6.45) is 3.92. The highest BCUT2D eigenvalue weighted by atomic mass is 16.5. The van der Waals surface area contributed by atoms with Crippen molar-refractivity contribution in [2.45, 2.75) is 46.5 Å². The zero-order valence-corrected chi connectivity index (χ0v) is 11.5. The maximum atomic E-state index is 8.87. The molecule has 0 saturated carbocycles. The first-order chi connectivity index (χ1) is 8.53. The SMILES string of the molecule is Cc1nc(CCNCCCCC(C)(C)C#N)no1. The Balaban J connectivity index is 1.98. The van der Waals surface area contributed by atoms with E-state index >= 15 is 0 Å². The third kappa shape index (κ3) is 5.78. The number of unbranched alkanes of at least 4 members (excludes halogenated alkanes) is 1. The molecule has 1 heterocycles. The number of aryl methyl sites for hydroxylation is 1. The predicted molar refractivity (Wildman–Crippen MR) is 68.9 cm³/mol. The van der Waals surface area contributed by atoms with Gasteiger partial charge in [-0.3, -0.25) is 0 Å². The highest BCUT2D eigenvalue weighted by molar-refractivity contribution is 4.91. The molecule has 18 heavy (non-hydrogen) atoms. The molecule has 1 N–H and O–H groups in total. The molecular formula is C13H22N4O. The van der Waals surface area contributed by atoms with Gasteiger partial charge in [-0.25, -0.2) is 0 Å². The van der Waals surface area contributed by atoms with Crippen LogP contribution in [0, 0.1) is 23.7 Å². The Hall–Kier alpha value is -1.41. The number of hydrogen-bond acceptors (Lipinski definition) is 5. The van der Waals surface area contributed by atoms with Crippen molar-refractivity contribution in [2.75, 3.05) is 13.1 Å². The molecule has 0 atom stereocenters. The average Bonchev–Trinajstić information content (AvgIpc) is 2.74. The van der Waals surface area contributed by atoms with E-state index in [4.69, 9.17) is 9.78 Å². The van der Waals surface area contributed by atoms with Gasteiger partial charge in [-0.05, 0) is 33.2 Å². The minimum atomic E-state index is -0.192. The summed E-state index contributed by atoms with van der Waals surface area (Å²) in [6, 6.07) is 2.32. The van der Waals surface area contributed by atoms with Gasteiger partial charge in [0.2, 0.25) is 5.89 Å². The van der Waals surface area contributed by atoms with Gasteiger partial charge in [0.05, 0.1) is 11.5 Å². The fourth-order valence-electron chi connectivity index (χ4n) is 1.64. The maximum Gasteiger partial charge on any atom is 0.223 e. The summed E-state index contributed by atoms with van der Waals surface area (Å²) in [5, 5.41) is 16.0. The van der Waals surface area contributed by atoms with E-state index < -0.39 is 0 Å². The second kappa shape index (κ2) is 7.12. The fraction of sp³-hybridized carbons (Fsp3) is 0.769. The van der Waals surface area contributed by atoms with E-state index in [1.54, 1.807) is 6.92 Å². The topological polar surface area (TPSA) is 74.7 Å². The van der Waals surface area contributed by atoms with Crippen LogP contribution in [0.1, 0.15) is 44.8 Å². The van der Waals surface area contributed by atoms with Crippen molar-refractivity contribution in [3.05, 3.63) is 11.7 Å². The molecule has 0 aliphatic rings. The summed E-state index contributed by atoms with van der Waals surface area (Å²) < 4.78 is 4.89. The molecule has 1 aromatic heterocycles. The Morgan fingerprint density at radius 2 is 2.11 bits per heavy atom. The number of nitriles is 1. The first-order valence-electron chi connectivity index (χ1n) is 6.45. The fourth-order valence-corrected chi connectivity index (χ4v) is 1.64. The lowest BCUT2D eigenvalue weighted by molar-refractivity contribution is 0.386. The standard InChI is InChI=1S/C13H22N4O/c1-11-16-12(17-18-11)6-9-15-8-5-4-7-13(2,3)10-14/h15H,4-9H2,1-3H3. The van der Waals surface area contributed by atoms with Crippen LogP contribution >= 0.6 is 0 Å². The van der Waals surface area contributed by atoms with Crippen LogP contribution in [0.3, 0.4) is 0 Å². The first kappa shape index (κ1) is 14.7. The molecule has 0 saturated heterocycles. The Bertz CT molecular complexity index is 392. The van der Waals surface area contributed by atoms with Crippen molar-refractivity contribution in [2.24, 2.45) is 5.41 Å². The van der Waals surface area contributed by atoms with Gasteiger partial charge in [0, 0.05) is 19.9 Å². The van der Waals surface area contributed by atoms with Gasteiger partial charge >= 0.3 is 0 Å². The summed E-state index contributed by atoms with van der Waals surface area (Å²) in [5.41, 5.74) is -0.192. The molecule has 0 unspecified atom stereocenters. The van der Waals surface area contributed by atoms with Gasteiger partial charge < -0.3 is 9.84 Å². The van der Waals surface area contributed by atoms with Gasteiger partial charge in [0.1, 0.15) is 0 Å². The molecule has 0 aliphatic carbocycles. The van der Waals surface area contributed by atoms with Crippen LogP contribution in [-0.2, 0) is 6.42 Å². The molecule has 0 fully saturated rings. The number of nitrogens with one attached hydrogen (secondary N) is 1. The molecule has 0 aromatic carbocycles. The Morgan fingerprint density at radius 1 is 1.33 bits per heavy atom. The summed E-state index contributed by atoms with van der Waals surface area (Å²) in [4.78, 5) is 4.13. The van der Waals surface area contributed by atoms with Gasteiger partial charge in [0.25, 0.3) is 0 Å². The molecule has 0 bridgehead atoms. The molecular weight excluding hydrogens is 228 g/mol. The third-order valence-corrected chi connectivity index (χ3v) is 2.80. The van der Waals surface area contributed by atoms with E-state index in [1.807, 2.05) is 13.8 Å². The lowest BCUT2D eigenvalue weighted by atomic mass is 9.89. The van der Waals surface area contributed by atoms with E-state index in [2.05, 4.69) is 21.5 Å². The molecule has 1 rings (SSSR count). The van der Waals surface area contributed by atoms with Crippen molar-refractivity contribution in [1.82, 2.24) is 15.5 Å². The minimum Gasteiger partial charge on any atom is -0.340 e. The van der Waals surface area contributed by atoms with Gasteiger partial charge in [0.15, 0.2) is 5.82 Å². The normalized spacial score (nSPS) is 11.4. The maximum absolute atomic E-state index is 8.87. The van der Waals surface area contributed by atoms with Crippen molar-refractivity contribution >= 4 is 0 Å². The van der Waals surface area contributed by atoms with Crippen molar-refractivity contribution < 1.29 is 4.52 Å². The Kier molecular flexibility index (Phi) is 5.79. The first-order valence-corrected chi connectivity index (χ1v) is 6.45. The van der Waals surface area contributed by atoms with Crippen LogP contribution < -0.4 is 5.32 Å². The number of rotatable bonds is 8. The smallest absolute Gasteiger partial charge is 0.223 e. The second-order valence-corrected chi connectivity index (χ2v) is 5.18. The average molecular weight is 250 g/mol. The molecule has 5 heteroatoms. The van der Waals surface area contributed by atoms with Crippen LogP contribution in [0.2, 0.25) is 0 Å². The Labute approximate surface area is 109 Å². The van der Waals surface area contributed by atoms with Gasteiger partial charge in [-0.2, -0.15) is 10.2 Å². The predicted octanol–water partition coefficient (Wildman–Crippen LogP) is 2.23. The summed E-state index contributed by atoms with van der Waals surface area (Å²) in [7, 11) is 0. The molecule has 5 nitrogen and oxygen atoms in total. The third-order valence-electron chi connectivity index (χ3n) is 2.80. The molecule has 1 aromatic rings. The molecule has 0 amide bonds. The van der Waals surface area contributed by atoms with Gasteiger partial charge in [-0.1, -0.05) is 11.6 Å². The molecule has 0 radical (unpaired) electrons. The van der Waals surface area contributed by atoms with E-state index in [9.17, 15) is 0 Å². The molecule has 100 valence electrons. The van der Waals surface area contributed by atoms with E-state index in [-0.39, 0.29) is 5.41 Å². The number of nitrogens with zero attached hydrogens (tertiary/aromatic N) is 3. The van der Waals surface area contributed by atoms with Gasteiger partial charge in [-0.15, -0.1) is 0 Å². The minimum absolute atomic E-state index is 0.192. The number of aromatic nitrogens is 2. The van der Waals surface area contributed by atoms with Crippen LogP contribution in [0.25, 0.3) is 0 Å². The largest absolute Gasteiger partial charge is 0.340 e. The monoisotopic (exact) mass is 250 g/mol. The zero-order valence-electron chi connectivity index (χ0n) is 11.5. The van der Waals surface area contributed by atoms with Crippen LogP contribution in [-0.4, -0.2) is 23.2 Å². The lowest BCUT2D eigenvalue weighted by Crippen LogP contribution is -2.19. The Morgan fingerprint density at radius 3 is 2.72 bits per heavy atom. The lowest BCUT2D eigenvalue weighted by Gasteiger charge is -2.14. The molecule has 0 aliphatic heterocycles. The van der Waals surface area contributed by atoms with E-state index in [0.717, 1.165) is 44.6 Å². The van der Waals surface area contributed by atoms with Crippen molar-refractivity contribution in [1.29, 1.82) is 5.26 Å². The quantitative estimate of drug-likeness (QED) is 0.716.